The lowest BCUT2D eigenvalue weighted by Gasteiger charge is -2.16. The summed E-state index contributed by atoms with van der Waals surface area (Å²) in [6.07, 6.45) is 0.548. The van der Waals surface area contributed by atoms with Gasteiger partial charge in [-0.2, -0.15) is 0 Å². The summed E-state index contributed by atoms with van der Waals surface area (Å²) >= 11 is 0. The molecule has 15 heavy (non-hydrogen) atoms. The maximum Gasteiger partial charge on any atom is 0.222 e. The summed E-state index contributed by atoms with van der Waals surface area (Å²) in [7, 11) is 3.46. The summed E-state index contributed by atoms with van der Waals surface area (Å²) in [5.41, 5.74) is 1.11. The molecule has 0 saturated carbocycles. The van der Waals surface area contributed by atoms with Crippen LogP contribution in [0, 0.1) is 0 Å². The number of hydrogen-bond donors (Lipinski definition) is 0. The molecule has 3 nitrogen and oxygen atoms in total. The molecule has 0 radical (unpaired) electrons. The molecule has 1 amide bonds. The summed E-state index contributed by atoms with van der Waals surface area (Å²) < 4.78 is 5.06. The van der Waals surface area contributed by atoms with E-state index in [2.05, 4.69) is 0 Å². The molecule has 0 atom stereocenters. The van der Waals surface area contributed by atoms with Gasteiger partial charge in [-0.25, -0.2) is 0 Å². The number of carbonyl (C=O) groups is 1. The Balaban J connectivity index is 2.60. The third-order valence-corrected chi connectivity index (χ3v) is 2.31. The summed E-state index contributed by atoms with van der Waals surface area (Å²) in [4.78, 5) is 13.1. The van der Waals surface area contributed by atoms with E-state index in [0.29, 0.717) is 13.0 Å². The highest BCUT2D eigenvalue weighted by Crippen LogP contribution is 2.12. The van der Waals surface area contributed by atoms with E-state index in [9.17, 15) is 4.79 Å². The minimum Gasteiger partial charge on any atom is -0.497 e. The number of hydrogen-bond acceptors (Lipinski definition) is 2. The van der Waals surface area contributed by atoms with Crippen LogP contribution in [0.25, 0.3) is 0 Å². The molecule has 0 unspecified atom stereocenters. The van der Waals surface area contributed by atoms with Crippen molar-refractivity contribution in [1.29, 1.82) is 0 Å². The molecule has 0 aliphatic heterocycles. The Kier molecular flexibility index (Phi) is 4.16. The fourth-order valence-electron chi connectivity index (χ4n) is 1.36. The third kappa shape index (κ3) is 3.27. The topological polar surface area (TPSA) is 29.5 Å². The Labute approximate surface area is 90.7 Å². The first kappa shape index (κ1) is 11.6. The molecule has 1 rings (SSSR count). The molecule has 0 aliphatic rings. The summed E-state index contributed by atoms with van der Waals surface area (Å²) in [6, 6.07) is 7.75. The van der Waals surface area contributed by atoms with Crippen LogP contribution in [0.4, 0.5) is 0 Å². The van der Waals surface area contributed by atoms with Crippen molar-refractivity contribution in [3.05, 3.63) is 29.8 Å². The smallest absolute Gasteiger partial charge is 0.222 e. The number of ether oxygens (including phenoxy) is 1. The molecule has 3 heteroatoms. The van der Waals surface area contributed by atoms with Crippen LogP contribution >= 0.6 is 0 Å². The van der Waals surface area contributed by atoms with Crippen molar-refractivity contribution in [3.63, 3.8) is 0 Å². The predicted octanol–water partition coefficient (Wildman–Crippen LogP) is 2.06. The highest BCUT2D eigenvalue weighted by atomic mass is 16.5. The molecule has 1 aromatic rings. The monoisotopic (exact) mass is 207 g/mol. The minimum absolute atomic E-state index is 0.158. The lowest BCUT2D eigenvalue weighted by Crippen LogP contribution is -2.25. The highest BCUT2D eigenvalue weighted by Gasteiger charge is 2.05. The van der Waals surface area contributed by atoms with Gasteiger partial charge in [-0.05, 0) is 17.7 Å². The van der Waals surface area contributed by atoms with Gasteiger partial charge in [-0.3, -0.25) is 4.79 Å². The summed E-state index contributed by atoms with van der Waals surface area (Å²) in [5.74, 6) is 0.994. The Morgan fingerprint density at radius 1 is 1.33 bits per heavy atom. The van der Waals surface area contributed by atoms with Gasteiger partial charge in [0.05, 0.1) is 7.11 Å². The van der Waals surface area contributed by atoms with E-state index in [0.717, 1.165) is 11.3 Å². The molecule has 0 N–H and O–H groups in total. The van der Waals surface area contributed by atoms with Crippen LogP contribution in [0.15, 0.2) is 24.3 Å². The van der Waals surface area contributed by atoms with E-state index < -0.39 is 0 Å². The van der Waals surface area contributed by atoms with Crippen LogP contribution in [-0.2, 0) is 11.3 Å². The molecular weight excluding hydrogens is 190 g/mol. The second-order valence-electron chi connectivity index (χ2n) is 3.45. The van der Waals surface area contributed by atoms with Crippen molar-refractivity contribution < 1.29 is 9.53 Å². The SMILES string of the molecule is CCC(=O)N(C)Cc1ccc(OC)cc1. The zero-order valence-corrected chi connectivity index (χ0v) is 9.49. The van der Waals surface area contributed by atoms with Gasteiger partial charge in [0.1, 0.15) is 5.75 Å². The zero-order chi connectivity index (χ0) is 11.3. The third-order valence-electron chi connectivity index (χ3n) is 2.31. The van der Waals surface area contributed by atoms with Gasteiger partial charge in [-0.1, -0.05) is 19.1 Å². The predicted molar refractivity (Wildman–Crippen MR) is 59.8 cm³/mol. The second-order valence-corrected chi connectivity index (χ2v) is 3.45. The molecule has 82 valence electrons. The lowest BCUT2D eigenvalue weighted by molar-refractivity contribution is -0.130. The van der Waals surface area contributed by atoms with E-state index >= 15 is 0 Å². The van der Waals surface area contributed by atoms with Gasteiger partial charge < -0.3 is 9.64 Å². The van der Waals surface area contributed by atoms with Crippen molar-refractivity contribution in [2.24, 2.45) is 0 Å². The highest BCUT2D eigenvalue weighted by molar-refractivity contribution is 5.75. The van der Waals surface area contributed by atoms with Gasteiger partial charge in [0, 0.05) is 20.0 Å². The normalized spacial score (nSPS) is 9.80. The van der Waals surface area contributed by atoms with Crippen LogP contribution in [0.1, 0.15) is 18.9 Å². The van der Waals surface area contributed by atoms with E-state index in [1.54, 1.807) is 12.0 Å². The average molecular weight is 207 g/mol. The number of rotatable bonds is 4. The molecule has 0 aliphatic carbocycles. The van der Waals surface area contributed by atoms with Crippen LogP contribution in [0.2, 0.25) is 0 Å². The van der Waals surface area contributed by atoms with E-state index in [-0.39, 0.29) is 5.91 Å². The maximum atomic E-state index is 11.3. The fourth-order valence-corrected chi connectivity index (χ4v) is 1.36. The maximum absolute atomic E-state index is 11.3. The first-order chi connectivity index (χ1) is 7.17. The molecule has 0 fully saturated rings. The molecule has 0 aromatic heterocycles. The van der Waals surface area contributed by atoms with E-state index in [4.69, 9.17) is 4.74 Å². The molecule has 0 bridgehead atoms. The van der Waals surface area contributed by atoms with Crippen LogP contribution in [0.3, 0.4) is 0 Å². The molecule has 0 heterocycles. The number of methoxy groups -OCH3 is 1. The van der Waals surface area contributed by atoms with Gasteiger partial charge in [-0.15, -0.1) is 0 Å². The van der Waals surface area contributed by atoms with Crippen molar-refractivity contribution >= 4 is 5.91 Å². The van der Waals surface area contributed by atoms with Crippen molar-refractivity contribution in [2.75, 3.05) is 14.2 Å². The molecular formula is C12H17NO2. The average Bonchev–Trinajstić information content (AvgIpc) is 2.29. The van der Waals surface area contributed by atoms with Crippen molar-refractivity contribution in [2.45, 2.75) is 19.9 Å². The largest absolute Gasteiger partial charge is 0.497 e. The molecule has 0 saturated heterocycles. The van der Waals surface area contributed by atoms with Gasteiger partial charge >= 0.3 is 0 Å². The van der Waals surface area contributed by atoms with Crippen molar-refractivity contribution in [3.8, 4) is 5.75 Å². The standard InChI is InChI=1S/C12H17NO2/c1-4-12(14)13(2)9-10-5-7-11(15-3)8-6-10/h5-8H,4,9H2,1-3H3. The Hall–Kier alpha value is -1.51. The molecule has 1 aromatic carbocycles. The van der Waals surface area contributed by atoms with Gasteiger partial charge in [0.2, 0.25) is 5.91 Å². The van der Waals surface area contributed by atoms with E-state index in [1.165, 1.54) is 0 Å². The molecule has 0 spiro atoms. The number of carbonyl (C=O) groups excluding carboxylic acids is 1. The summed E-state index contributed by atoms with van der Waals surface area (Å²) in [6.45, 7) is 2.52. The van der Waals surface area contributed by atoms with E-state index in [1.807, 2.05) is 38.2 Å². The van der Waals surface area contributed by atoms with Crippen LogP contribution in [0.5, 0.6) is 5.75 Å². The second kappa shape index (κ2) is 5.39. The van der Waals surface area contributed by atoms with Crippen LogP contribution in [-0.4, -0.2) is 25.0 Å². The lowest BCUT2D eigenvalue weighted by atomic mass is 10.2. The van der Waals surface area contributed by atoms with Crippen LogP contribution < -0.4 is 4.74 Å². The van der Waals surface area contributed by atoms with Gasteiger partial charge in [0.25, 0.3) is 0 Å². The first-order valence-corrected chi connectivity index (χ1v) is 5.04. The van der Waals surface area contributed by atoms with Crippen molar-refractivity contribution in [1.82, 2.24) is 4.90 Å². The summed E-state index contributed by atoms with van der Waals surface area (Å²) in [5, 5.41) is 0. The Morgan fingerprint density at radius 3 is 2.40 bits per heavy atom. The number of amides is 1. The quantitative estimate of drug-likeness (QED) is 0.756. The number of benzene rings is 1. The van der Waals surface area contributed by atoms with Gasteiger partial charge in [0.15, 0.2) is 0 Å². The fraction of sp³-hybridized carbons (Fsp3) is 0.417. The minimum atomic E-state index is 0.158. The number of nitrogens with zero attached hydrogens (tertiary/aromatic N) is 1. The Bertz CT molecular complexity index is 319. The Morgan fingerprint density at radius 2 is 1.93 bits per heavy atom. The zero-order valence-electron chi connectivity index (χ0n) is 9.49. The first-order valence-electron chi connectivity index (χ1n) is 5.04.